The molecular formula is C11H18N4O. The van der Waals surface area contributed by atoms with E-state index in [9.17, 15) is 4.79 Å². The molecule has 1 amide bonds. The molecule has 0 spiro atoms. The molecule has 0 unspecified atom stereocenters. The molecule has 88 valence electrons. The highest BCUT2D eigenvalue weighted by Gasteiger charge is 2.22. The predicted octanol–water partition coefficient (Wildman–Crippen LogP) is 0.0935. The smallest absolute Gasteiger partial charge is 0.224 e. The third-order valence-electron chi connectivity index (χ3n) is 2.94. The number of carbonyl (C=O) groups excluding carboxylic acids is 1. The van der Waals surface area contributed by atoms with Crippen molar-refractivity contribution in [2.45, 2.75) is 25.9 Å². The number of amides is 1. The van der Waals surface area contributed by atoms with E-state index in [4.69, 9.17) is 0 Å². The third-order valence-corrected chi connectivity index (χ3v) is 2.94. The minimum absolute atomic E-state index is 0.226. The minimum Gasteiger partial charge on any atom is -0.337 e. The molecule has 0 saturated carbocycles. The first kappa shape index (κ1) is 11.1. The fraction of sp³-hybridized carbons (Fsp3) is 0.636. The van der Waals surface area contributed by atoms with Crippen LogP contribution in [0, 0.1) is 0 Å². The lowest BCUT2D eigenvalue weighted by molar-refractivity contribution is -0.134. The van der Waals surface area contributed by atoms with E-state index < -0.39 is 0 Å². The maximum atomic E-state index is 12.0. The van der Waals surface area contributed by atoms with Gasteiger partial charge in [0.25, 0.3) is 0 Å². The van der Waals surface area contributed by atoms with Gasteiger partial charge < -0.3 is 10.2 Å². The Morgan fingerprint density at radius 2 is 2.50 bits per heavy atom. The lowest BCUT2D eigenvalue weighted by Gasteiger charge is -2.34. The summed E-state index contributed by atoms with van der Waals surface area (Å²) in [6.07, 6.45) is 4.15. The number of aryl methyl sites for hydroxylation is 1. The van der Waals surface area contributed by atoms with E-state index in [1.54, 1.807) is 10.9 Å². The summed E-state index contributed by atoms with van der Waals surface area (Å²) < 4.78 is 1.80. The Bertz CT molecular complexity index is 336. The molecule has 1 aliphatic rings. The lowest BCUT2D eigenvalue weighted by Crippen LogP contribution is -2.52. The highest BCUT2D eigenvalue weighted by molar-refractivity contribution is 5.76. The van der Waals surface area contributed by atoms with Crippen LogP contribution in [0.1, 0.15) is 13.3 Å². The van der Waals surface area contributed by atoms with Crippen LogP contribution < -0.4 is 5.32 Å². The SMILES string of the molecule is C[C@@H]1CNCCN1C(=O)CCn1cccn1. The zero-order valence-corrected chi connectivity index (χ0v) is 9.59. The number of nitrogens with zero attached hydrogens (tertiary/aromatic N) is 3. The molecule has 1 N–H and O–H groups in total. The van der Waals surface area contributed by atoms with Gasteiger partial charge in [0, 0.05) is 51.0 Å². The minimum atomic E-state index is 0.226. The first-order valence-electron chi connectivity index (χ1n) is 5.75. The Hall–Kier alpha value is -1.36. The lowest BCUT2D eigenvalue weighted by atomic mass is 10.2. The molecule has 16 heavy (non-hydrogen) atoms. The predicted molar refractivity (Wildman–Crippen MR) is 60.9 cm³/mol. The van der Waals surface area contributed by atoms with Crippen LogP contribution in [0.3, 0.4) is 0 Å². The Kier molecular flexibility index (Phi) is 3.56. The van der Waals surface area contributed by atoms with Crippen LogP contribution in [0.25, 0.3) is 0 Å². The van der Waals surface area contributed by atoms with Gasteiger partial charge >= 0.3 is 0 Å². The van der Waals surface area contributed by atoms with Gasteiger partial charge in [0.1, 0.15) is 0 Å². The number of carbonyl (C=O) groups is 1. The molecule has 1 fully saturated rings. The number of nitrogens with one attached hydrogen (secondary N) is 1. The van der Waals surface area contributed by atoms with Crippen LogP contribution in [-0.4, -0.2) is 46.3 Å². The zero-order valence-electron chi connectivity index (χ0n) is 9.59. The summed E-state index contributed by atoms with van der Waals surface area (Å²) >= 11 is 0. The summed E-state index contributed by atoms with van der Waals surface area (Å²) in [4.78, 5) is 13.9. The van der Waals surface area contributed by atoms with Crippen molar-refractivity contribution in [3.63, 3.8) is 0 Å². The average Bonchev–Trinajstić information content (AvgIpc) is 2.79. The van der Waals surface area contributed by atoms with Crippen molar-refractivity contribution in [1.82, 2.24) is 20.0 Å². The van der Waals surface area contributed by atoms with Gasteiger partial charge in [-0.1, -0.05) is 0 Å². The Labute approximate surface area is 95.4 Å². The van der Waals surface area contributed by atoms with Crippen molar-refractivity contribution >= 4 is 5.91 Å². The topological polar surface area (TPSA) is 50.2 Å². The van der Waals surface area contributed by atoms with E-state index in [0.29, 0.717) is 19.0 Å². The van der Waals surface area contributed by atoms with Gasteiger partial charge in [0.15, 0.2) is 0 Å². The van der Waals surface area contributed by atoms with E-state index in [2.05, 4.69) is 17.3 Å². The molecule has 1 saturated heterocycles. The van der Waals surface area contributed by atoms with E-state index in [1.807, 2.05) is 17.2 Å². The van der Waals surface area contributed by atoms with E-state index in [1.165, 1.54) is 0 Å². The first-order valence-corrected chi connectivity index (χ1v) is 5.75. The molecule has 5 heteroatoms. The van der Waals surface area contributed by atoms with Crippen LogP contribution >= 0.6 is 0 Å². The maximum Gasteiger partial charge on any atom is 0.224 e. The number of rotatable bonds is 3. The molecule has 1 atom stereocenters. The quantitative estimate of drug-likeness (QED) is 0.788. The fourth-order valence-corrected chi connectivity index (χ4v) is 2.00. The molecule has 0 aromatic carbocycles. The van der Waals surface area contributed by atoms with Crippen molar-refractivity contribution in [2.24, 2.45) is 0 Å². The van der Waals surface area contributed by atoms with Crippen LogP contribution in [0.5, 0.6) is 0 Å². The van der Waals surface area contributed by atoms with Gasteiger partial charge in [-0.2, -0.15) is 5.10 Å². The second-order valence-electron chi connectivity index (χ2n) is 4.16. The normalized spacial score (nSPS) is 21.1. The number of hydrogen-bond donors (Lipinski definition) is 1. The summed E-state index contributed by atoms with van der Waals surface area (Å²) in [5, 5.41) is 7.36. The third kappa shape index (κ3) is 2.61. The van der Waals surface area contributed by atoms with Crippen molar-refractivity contribution in [1.29, 1.82) is 0 Å². The highest BCUT2D eigenvalue weighted by atomic mass is 16.2. The van der Waals surface area contributed by atoms with Crippen LogP contribution in [0.15, 0.2) is 18.5 Å². The second-order valence-corrected chi connectivity index (χ2v) is 4.16. The van der Waals surface area contributed by atoms with E-state index in [-0.39, 0.29) is 5.91 Å². The molecule has 2 heterocycles. The van der Waals surface area contributed by atoms with Gasteiger partial charge in [0.2, 0.25) is 5.91 Å². The summed E-state index contributed by atoms with van der Waals surface area (Å²) in [7, 11) is 0. The summed E-state index contributed by atoms with van der Waals surface area (Å²) in [5.74, 6) is 0.226. The molecule has 1 aromatic rings. The van der Waals surface area contributed by atoms with Crippen LogP contribution in [0.4, 0.5) is 0 Å². The van der Waals surface area contributed by atoms with E-state index in [0.717, 1.165) is 19.6 Å². The Balaban J connectivity index is 1.83. The number of aromatic nitrogens is 2. The van der Waals surface area contributed by atoms with Gasteiger partial charge in [-0.05, 0) is 13.0 Å². The second kappa shape index (κ2) is 5.12. The van der Waals surface area contributed by atoms with E-state index >= 15 is 0 Å². The first-order chi connectivity index (χ1) is 7.77. The molecule has 0 bridgehead atoms. The van der Waals surface area contributed by atoms with Crippen LogP contribution in [0.2, 0.25) is 0 Å². The molecular weight excluding hydrogens is 204 g/mol. The van der Waals surface area contributed by atoms with Gasteiger partial charge in [0.05, 0.1) is 0 Å². The monoisotopic (exact) mass is 222 g/mol. The maximum absolute atomic E-state index is 12.0. The number of piperazine rings is 1. The largest absolute Gasteiger partial charge is 0.337 e. The van der Waals surface area contributed by atoms with Crippen molar-refractivity contribution in [3.05, 3.63) is 18.5 Å². The van der Waals surface area contributed by atoms with Gasteiger partial charge in [-0.15, -0.1) is 0 Å². The average molecular weight is 222 g/mol. The zero-order chi connectivity index (χ0) is 11.4. The fourth-order valence-electron chi connectivity index (χ4n) is 2.00. The molecule has 1 aromatic heterocycles. The van der Waals surface area contributed by atoms with Gasteiger partial charge in [-0.25, -0.2) is 0 Å². The van der Waals surface area contributed by atoms with Crippen molar-refractivity contribution < 1.29 is 4.79 Å². The summed E-state index contributed by atoms with van der Waals surface area (Å²) in [5.41, 5.74) is 0. The summed E-state index contributed by atoms with van der Waals surface area (Å²) in [6, 6.07) is 2.18. The molecule has 1 aliphatic heterocycles. The molecule has 0 aliphatic carbocycles. The van der Waals surface area contributed by atoms with Gasteiger partial charge in [-0.3, -0.25) is 9.48 Å². The molecule has 2 rings (SSSR count). The van der Waals surface area contributed by atoms with Crippen LogP contribution in [-0.2, 0) is 11.3 Å². The summed E-state index contributed by atoms with van der Waals surface area (Å²) in [6.45, 7) is 5.37. The Morgan fingerprint density at radius 3 is 3.19 bits per heavy atom. The van der Waals surface area contributed by atoms with Crippen molar-refractivity contribution in [3.8, 4) is 0 Å². The Morgan fingerprint density at radius 1 is 1.62 bits per heavy atom. The highest BCUT2D eigenvalue weighted by Crippen LogP contribution is 2.05. The standard InChI is InChI=1S/C11H18N4O/c1-10-9-12-5-8-15(10)11(16)3-7-14-6-2-4-13-14/h2,4,6,10,12H,3,5,7-9H2,1H3/t10-/m1/s1. The van der Waals surface area contributed by atoms with Crippen molar-refractivity contribution in [2.75, 3.05) is 19.6 Å². The molecule has 5 nitrogen and oxygen atoms in total. The molecule has 0 radical (unpaired) electrons. The number of hydrogen-bond acceptors (Lipinski definition) is 3.